The summed E-state index contributed by atoms with van der Waals surface area (Å²) in [7, 11) is -0.790. The Morgan fingerprint density at radius 2 is 2.05 bits per heavy atom. The van der Waals surface area contributed by atoms with Crippen LogP contribution in [0.1, 0.15) is 10.5 Å². The average Bonchev–Trinajstić information content (AvgIpc) is 2.89. The first-order valence-electron chi connectivity index (χ1n) is 6.21. The summed E-state index contributed by atoms with van der Waals surface area (Å²) >= 11 is 0. The Bertz CT molecular complexity index is 798. The summed E-state index contributed by atoms with van der Waals surface area (Å²) in [5, 5.41) is 0. The monoisotopic (exact) mass is 324 g/mol. The molecule has 2 aromatic rings. The molecule has 0 fully saturated rings. The Labute approximate surface area is 127 Å². The van der Waals surface area contributed by atoms with E-state index in [0.29, 0.717) is 11.4 Å². The van der Waals surface area contributed by atoms with Crippen LogP contribution in [-0.2, 0) is 17.1 Å². The van der Waals surface area contributed by atoms with Gasteiger partial charge in [0.1, 0.15) is 16.3 Å². The number of nitrogens with two attached hydrogens (primary N) is 1. The van der Waals surface area contributed by atoms with E-state index in [4.69, 9.17) is 10.6 Å². The number of anilines is 1. The number of sulfonamides is 1. The van der Waals surface area contributed by atoms with E-state index in [2.05, 4.69) is 4.72 Å². The molecule has 0 radical (unpaired) electrons. The van der Waals surface area contributed by atoms with Gasteiger partial charge in [0.05, 0.1) is 12.8 Å². The highest BCUT2D eigenvalue weighted by atomic mass is 32.2. The van der Waals surface area contributed by atoms with E-state index >= 15 is 0 Å². The number of methoxy groups -OCH3 is 1. The average molecular weight is 324 g/mol. The normalized spacial score (nSPS) is 11.0. The lowest BCUT2D eigenvalue weighted by atomic mass is 10.3. The van der Waals surface area contributed by atoms with Crippen LogP contribution in [0.5, 0.6) is 5.75 Å². The van der Waals surface area contributed by atoms with Crippen LogP contribution < -0.4 is 20.7 Å². The van der Waals surface area contributed by atoms with Gasteiger partial charge in [-0.25, -0.2) is 14.3 Å². The second-order valence-electron chi connectivity index (χ2n) is 4.48. The Hall–Kier alpha value is -2.52. The molecule has 0 atom stereocenters. The number of nitrogens with zero attached hydrogens (tertiary/aromatic N) is 1. The minimum atomic E-state index is -3.83. The van der Waals surface area contributed by atoms with Crippen molar-refractivity contribution in [1.29, 1.82) is 0 Å². The molecule has 1 aromatic carbocycles. The third-order valence-corrected chi connectivity index (χ3v) is 4.32. The van der Waals surface area contributed by atoms with Crippen molar-refractivity contribution in [1.82, 2.24) is 9.99 Å². The second kappa shape index (κ2) is 6.08. The molecule has 9 heteroatoms. The summed E-state index contributed by atoms with van der Waals surface area (Å²) in [4.78, 5) is 11.5. The number of nitrogens with one attached hydrogen (secondary N) is 2. The van der Waals surface area contributed by atoms with E-state index < -0.39 is 15.9 Å². The van der Waals surface area contributed by atoms with Gasteiger partial charge in [0.2, 0.25) is 0 Å². The van der Waals surface area contributed by atoms with Crippen LogP contribution in [-0.4, -0.2) is 26.0 Å². The minimum absolute atomic E-state index is 0.0450. The smallest absolute Gasteiger partial charge is 0.281 e. The molecule has 118 valence electrons. The number of nitrogen functional groups attached to an aromatic ring is 1. The molecule has 8 nitrogen and oxygen atoms in total. The van der Waals surface area contributed by atoms with Crippen LogP contribution in [0.3, 0.4) is 0 Å². The van der Waals surface area contributed by atoms with Gasteiger partial charge in [-0.05, 0) is 18.2 Å². The van der Waals surface area contributed by atoms with Crippen LogP contribution >= 0.6 is 0 Å². The maximum atomic E-state index is 12.3. The third kappa shape index (κ3) is 3.21. The molecule has 0 aliphatic heterocycles. The summed E-state index contributed by atoms with van der Waals surface area (Å²) in [6.07, 6.45) is 1.33. The SMILES string of the molecule is COc1cccc(NS(=O)(=O)c2cc(C(=O)NN)n(C)c2)c1. The molecular weight excluding hydrogens is 308 g/mol. The lowest BCUT2D eigenvalue weighted by Gasteiger charge is -2.07. The highest BCUT2D eigenvalue weighted by molar-refractivity contribution is 7.92. The van der Waals surface area contributed by atoms with Crippen molar-refractivity contribution >= 4 is 21.6 Å². The number of rotatable bonds is 5. The summed E-state index contributed by atoms with van der Waals surface area (Å²) in [5.74, 6) is 5.00. The summed E-state index contributed by atoms with van der Waals surface area (Å²) in [5.41, 5.74) is 2.45. The highest BCUT2D eigenvalue weighted by Gasteiger charge is 2.20. The Balaban J connectivity index is 2.32. The zero-order valence-electron chi connectivity index (χ0n) is 12.0. The Morgan fingerprint density at radius 3 is 2.68 bits per heavy atom. The first-order chi connectivity index (χ1) is 10.4. The number of hydrogen-bond donors (Lipinski definition) is 3. The van der Waals surface area contributed by atoms with Crippen LogP contribution in [0.25, 0.3) is 0 Å². The van der Waals surface area contributed by atoms with Gasteiger partial charge < -0.3 is 9.30 Å². The predicted molar refractivity (Wildman–Crippen MR) is 80.9 cm³/mol. The third-order valence-electron chi connectivity index (χ3n) is 2.98. The second-order valence-corrected chi connectivity index (χ2v) is 6.17. The van der Waals surface area contributed by atoms with Crippen LogP contribution in [0.2, 0.25) is 0 Å². The molecule has 0 saturated heterocycles. The molecule has 0 aliphatic rings. The van der Waals surface area contributed by atoms with Gasteiger partial charge >= 0.3 is 0 Å². The molecule has 0 saturated carbocycles. The van der Waals surface area contributed by atoms with Crippen molar-refractivity contribution in [3.05, 3.63) is 42.2 Å². The Kier molecular flexibility index (Phi) is 4.38. The fourth-order valence-electron chi connectivity index (χ4n) is 1.88. The molecule has 1 aromatic heterocycles. The first-order valence-corrected chi connectivity index (χ1v) is 7.70. The topological polar surface area (TPSA) is 115 Å². The van der Waals surface area contributed by atoms with Crippen molar-refractivity contribution in [2.24, 2.45) is 12.9 Å². The number of aryl methyl sites for hydroxylation is 1. The fourth-order valence-corrected chi connectivity index (χ4v) is 3.00. The quantitative estimate of drug-likeness (QED) is 0.419. The van der Waals surface area contributed by atoms with Crippen molar-refractivity contribution in [2.75, 3.05) is 11.8 Å². The van der Waals surface area contributed by atoms with E-state index in [1.54, 1.807) is 31.3 Å². The standard InChI is InChI=1S/C13H16N4O4S/c1-17-8-11(7-12(17)13(18)15-14)22(19,20)16-9-4-3-5-10(6-9)21-2/h3-8,16H,14H2,1-2H3,(H,15,18). The predicted octanol–water partition coefficient (Wildman–Crippen LogP) is 0.438. The first kappa shape index (κ1) is 15.9. The molecule has 2 rings (SSSR count). The molecule has 1 heterocycles. The largest absolute Gasteiger partial charge is 0.497 e. The minimum Gasteiger partial charge on any atom is -0.497 e. The molecule has 4 N–H and O–H groups in total. The van der Waals surface area contributed by atoms with Crippen molar-refractivity contribution < 1.29 is 17.9 Å². The van der Waals surface area contributed by atoms with Gasteiger partial charge in [-0.2, -0.15) is 0 Å². The number of carbonyl (C=O) groups excluding carboxylic acids is 1. The van der Waals surface area contributed by atoms with Crippen molar-refractivity contribution in [2.45, 2.75) is 4.90 Å². The maximum absolute atomic E-state index is 12.3. The van der Waals surface area contributed by atoms with E-state index in [1.165, 1.54) is 23.9 Å². The van der Waals surface area contributed by atoms with E-state index in [-0.39, 0.29) is 10.6 Å². The number of hydrogen-bond acceptors (Lipinski definition) is 5. The van der Waals surface area contributed by atoms with Crippen LogP contribution in [0, 0.1) is 0 Å². The summed E-state index contributed by atoms with van der Waals surface area (Å²) < 4.78 is 33.5. The Morgan fingerprint density at radius 1 is 1.32 bits per heavy atom. The molecular formula is C13H16N4O4S. The molecule has 22 heavy (non-hydrogen) atoms. The number of aromatic nitrogens is 1. The van der Waals surface area contributed by atoms with Gasteiger partial charge in [0, 0.05) is 19.3 Å². The molecule has 0 unspecified atom stereocenters. The summed E-state index contributed by atoms with van der Waals surface area (Å²) in [6, 6.07) is 7.74. The number of amides is 1. The van der Waals surface area contributed by atoms with E-state index in [0.717, 1.165) is 0 Å². The summed E-state index contributed by atoms with van der Waals surface area (Å²) in [6.45, 7) is 0. The van der Waals surface area contributed by atoms with Gasteiger partial charge in [0.25, 0.3) is 15.9 Å². The van der Waals surface area contributed by atoms with E-state index in [9.17, 15) is 13.2 Å². The fraction of sp³-hybridized carbons (Fsp3) is 0.154. The zero-order valence-corrected chi connectivity index (χ0v) is 12.8. The molecule has 0 bridgehead atoms. The number of hydrazine groups is 1. The van der Waals surface area contributed by atoms with Crippen LogP contribution in [0.4, 0.5) is 5.69 Å². The maximum Gasteiger partial charge on any atom is 0.281 e. The van der Waals surface area contributed by atoms with Crippen LogP contribution in [0.15, 0.2) is 41.4 Å². The van der Waals surface area contributed by atoms with Gasteiger partial charge in [-0.3, -0.25) is 14.9 Å². The van der Waals surface area contributed by atoms with Crippen molar-refractivity contribution in [3.63, 3.8) is 0 Å². The zero-order chi connectivity index (χ0) is 16.3. The molecule has 0 spiro atoms. The molecule has 0 aliphatic carbocycles. The number of carbonyl (C=O) groups is 1. The van der Waals surface area contributed by atoms with Gasteiger partial charge in [-0.15, -0.1) is 0 Å². The highest BCUT2D eigenvalue weighted by Crippen LogP contribution is 2.21. The number of ether oxygens (including phenoxy) is 1. The lowest BCUT2D eigenvalue weighted by Crippen LogP contribution is -2.31. The lowest BCUT2D eigenvalue weighted by molar-refractivity contribution is 0.0945. The number of benzene rings is 1. The van der Waals surface area contributed by atoms with Crippen molar-refractivity contribution in [3.8, 4) is 5.75 Å². The molecule has 1 amide bonds. The van der Waals surface area contributed by atoms with E-state index in [1.807, 2.05) is 5.43 Å². The van der Waals surface area contributed by atoms with Gasteiger partial charge in [-0.1, -0.05) is 6.07 Å². The van der Waals surface area contributed by atoms with Gasteiger partial charge in [0.15, 0.2) is 0 Å².